The fourth-order valence-corrected chi connectivity index (χ4v) is 2.60. The zero-order chi connectivity index (χ0) is 17.1. The molecule has 0 saturated heterocycles. The Morgan fingerprint density at radius 3 is 2.62 bits per heavy atom. The van der Waals surface area contributed by atoms with Crippen molar-refractivity contribution in [2.24, 2.45) is 0 Å². The number of halogens is 1. The second kappa shape index (κ2) is 6.76. The second-order valence-electron chi connectivity index (χ2n) is 5.09. The molecule has 5 nitrogen and oxygen atoms in total. The maximum Gasteiger partial charge on any atom is 0.294 e. The molecule has 0 aliphatic carbocycles. The summed E-state index contributed by atoms with van der Waals surface area (Å²) in [5, 5.41) is 7.85. The van der Waals surface area contributed by atoms with Gasteiger partial charge in [-0.3, -0.25) is 4.79 Å². The van der Waals surface area contributed by atoms with E-state index < -0.39 is 0 Å². The van der Waals surface area contributed by atoms with Gasteiger partial charge >= 0.3 is 0 Å². The highest BCUT2D eigenvalue weighted by Gasteiger charge is 2.13. The van der Waals surface area contributed by atoms with Crippen molar-refractivity contribution >= 4 is 17.3 Å². The molecule has 24 heavy (non-hydrogen) atoms. The van der Waals surface area contributed by atoms with Crippen LogP contribution in [0.4, 0.5) is 5.69 Å². The third-order valence-corrected chi connectivity index (χ3v) is 3.95. The number of hydrogen-bond acceptors (Lipinski definition) is 4. The number of methoxy groups -OCH3 is 1. The van der Waals surface area contributed by atoms with Crippen molar-refractivity contribution in [1.82, 2.24) is 9.78 Å². The van der Waals surface area contributed by atoms with E-state index in [0.29, 0.717) is 22.1 Å². The lowest BCUT2D eigenvalue weighted by atomic mass is 10.1. The second-order valence-corrected chi connectivity index (χ2v) is 5.50. The van der Waals surface area contributed by atoms with Crippen LogP contribution < -0.4 is 15.6 Å². The number of anilines is 1. The number of para-hydroxylation sites is 1. The predicted molar refractivity (Wildman–Crippen MR) is 96.4 cm³/mol. The van der Waals surface area contributed by atoms with Crippen LogP contribution in [0.5, 0.6) is 5.75 Å². The van der Waals surface area contributed by atoms with Crippen LogP contribution >= 0.6 is 11.6 Å². The molecular formula is C18H16ClN3O2. The first-order valence-corrected chi connectivity index (χ1v) is 7.73. The van der Waals surface area contributed by atoms with Crippen LogP contribution in [0.25, 0.3) is 16.9 Å². The lowest BCUT2D eigenvalue weighted by Gasteiger charge is -2.12. The van der Waals surface area contributed by atoms with E-state index in [0.717, 1.165) is 11.3 Å². The van der Waals surface area contributed by atoms with Crippen LogP contribution in [0.1, 0.15) is 0 Å². The molecule has 0 aliphatic rings. The zero-order valence-electron chi connectivity index (χ0n) is 13.3. The highest BCUT2D eigenvalue weighted by Crippen LogP contribution is 2.24. The summed E-state index contributed by atoms with van der Waals surface area (Å²) in [7, 11) is 3.30. The van der Waals surface area contributed by atoms with Crippen molar-refractivity contribution in [3.05, 3.63) is 70.0 Å². The molecule has 1 aromatic heterocycles. The molecular weight excluding hydrogens is 326 g/mol. The van der Waals surface area contributed by atoms with E-state index in [4.69, 9.17) is 16.3 Å². The van der Waals surface area contributed by atoms with Crippen molar-refractivity contribution in [3.8, 4) is 22.7 Å². The monoisotopic (exact) mass is 341 g/mol. The molecule has 0 fully saturated rings. The minimum atomic E-state index is -0.266. The molecule has 0 unspecified atom stereocenters. The summed E-state index contributed by atoms with van der Waals surface area (Å²) in [5.41, 5.74) is 2.18. The summed E-state index contributed by atoms with van der Waals surface area (Å²) in [6, 6.07) is 16.3. The molecule has 0 bridgehead atoms. The van der Waals surface area contributed by atoms with E-state index in [-0.39, 0.29) is 5.56 Å². The summed E-state index contributed by atoms with van der Waals surface area (Å²) in [5.74, 6) is 0.718. The Morgan fingerprint density at radius 1 is 1.12 bits per heavy atom. The summed E-state index contributed by atoms with van der Waals surface area (Å²) in [4.78, 5) is 12.6. The first kappa shape index (κ1) is 16.1. The molecule has 6 heteroatoms. The smallest absolute Gasteiger partial charge is 0.294 e. The fourth-order valence-electron chi connectivity index (χ4n) is 2.38. The first-order chi connectivity index (χ1) is 11.6. The highest BCUT2D eigenvalue weighted by atomic mass is 35.5. The average Bonchev–Trinajstić information content (AvgIpc) is 2.62. The van der Waals surface area contributed by atoms with E-state index in [2.05, 4.69) is 10.4 Å². The average molecular weight is 342 g/mol. The van der Waals surface area contributed by atoms with Gasteiger partial charge in [-0.1, -0.05) is 35.9 Å². The minimum Gasteiger partial charge on any atom is -0.497 e. The number of benzene rings is 2. The maximum atomic E-state index is 12.6. The van der Waals surface area contributed by atoms with E-state index in [1.807, 2.05) is 36.4 Å². The lowest BCUT2D eigenvalue weighted by molar-refractivity contribution is 0.415. The van der Waals surface area contributed by atoms with Gasteiger partial charge in [0.1, 0.15) is 11.4 Å². The molecule has 122 valence electrons. The molecule has 3 aromatic rings. The van der Waals surface area contributed by atoms with Crippen LogP contribution in [0.2, 0.25) is 5.02 Å². The van der Waals surface area contributed by atoms with E-state index in [1.54, 1.807) is 32.4 Å². The Balaban J connectivity index is 2.24. The molecule has 0 amide bonds. The van der Waals surface area contributed by atoms with Gasteiger partial charge in [-0.2, -0.15) is 9.78 Å². The molecule has 1 heterocycles. The summed E-state index contributed by atoms with van der Waals surface area (Å²) in [6.45, 7) is 0. The van der Waals surface area contributed by atoms with Gasteiger partial charge in [0.15, 0.2) is 0 Å². The molecule has 0 atom stereocenters. The third-order valence-electron chi connectivity index (χ3n) is 3.63. The third kappa shape index (κ3) is 2.98. The Morgan fingerprint density at radius 2 is 1.92 bits per heavy atom. The standard InChI is InChI=1S/C18H16ClN3O2/c1-20-16-11-15(12-6-5-7-13(10-12)24-2)21-22(18(16)23)17-9-4-3-8-14(17)19/h3-11,20H,1-2H3. The van der Waals surface area contributed by atoms with Crippen molar-refractivity contribution in [2.45, 2.75) is 0 Å². The summed E-state index contributed by atoms with van der Waals surface area (Å²) < 4.78 is 6.57. The predicted octanol–water partition coefficient (Wildman–Crippen LogP) is 3.60. The van der Waals surface area contributed by atoms with E-state index in [9.17, 15) is 4.79 Å². The number of nitrogens with zero attached hydrogens (tertiary/aromatic N) is 2. The van der Waals surface area contributed by atoms with Gasteiger partial charge < -0.3 is 10.1 Å². The summed E-state index contributed by atoms with van der Waals surface area (Å²) >= 11 is 6.23. The number of rotatable bonds is 4. The van der Waals surface area contributed by atoms with Crippen molar-refractivity contribution in [3.63, 3.8) is 0 Å². The van der Waals surface area contributed by atoms with Crippen LogP contribution in [0.15, 0.2) is 59.4 Å². The zero-order valence-corrected chi connectivity index (χ0v) is 14.0. The Kier molecular flexibility index (Phi) is 4.53. The highest BCUT2D eigenvalue weighted by molar-refractivity contribution is 6.32. The van der Waals surface area contributed by atoms with Crippen LogP contribution in [0.3, 0.4) is 0 Å². The van der Waals surface area contributed by atoms with Gasteiger partial charge in [-0.25, -0.2) is 0 Å². The topological polar surface area (TPSA) is 56.1 Å². The van der Waals surface area contributed by atoms with Crippen molar-refractivity contribution < 1.29 is 4.74 Å². The summed E-state index contributed by atoms with van der Waals surface area (Å²) in [6.07, 6.45) is 0. The van der Waals surface area contributed by atoms with Gasteiger partial charge in [0.25, 0.3) is 5.56 Å². The minimum absolute atomic E-state index is 0.266. The van der Waals surface area contributed by atoms with Gasteiger partial charge in [0, 0.05) is 12.6 Å². The Bertz CT molecular complexity index is 938. The first-order valence-electron chi connectivity index (χ1n) is 7.35. The number of nitrogens with one attached hydrogen (secondary N) is 1. The van der Waals surface area contributed by atoms with Crippen molar-refractivity contribution in [1.29, 1.82) is 0 Å². The molecule has 3 rings (SSSR count). The van der Waals surface area contributed by atoms with Crippen molar-refractivity contribution in [2.75, 3.05) is 19.5 Å². The van der Waals surface area contributed by atoms with Crippen LogP contribution in [-0.4, -0.2) is 23.9 Å². The normalized spacial score (nSPS) is 10.5. The fraction of sp³-hybridized carbons (Fsp3) is 0.111. The maximum absolute atomic E-state index is 12.6. The largest absolute Gasteiger partial charge is 0.497 e. The van der Waals surface area contributed by atoms with Gasteiger partial charge in [0.2, 0.25) is 0 Å². The molecule has 0 radical (unpaired) electrons. The molecule has 1 N–H and O–H groups in total. The molecule has 0 spiro atoms. The SMILES string of the molecule is CNc1cc(-c2cccc(OC)c2)nn(-c2ccccc2Cl)c1=O. The van der Waals surface area contributed by atoms with Crippen LogP contribution in [0, 0.1) is 0 Å². The molecule has 0 saturated carbocycles. The number of hydrogen-bond donors (Lipinski definition) is 1. The van der Waals surface area contributed by atoms with E-state index in [1.165, 1.54) is 4.68 Å². The van der Waals surface area contributed by atoms with Crippen LogP contribution in [-0.2, 0) is 0 Å². The van der Waals surface area contributed by atoms with Gasteiger partial charge in [-0.15, -0.1) is 0 Å². The quantitative estimate of drug-likeness (QED) is 0.787. The number of ether oxygens (including phenoxy) is 1. The Hall–Kier alpha value is -2.79. The molecule has 2 aromatic carbocycles. The lowest BCUT2D eigenvalue weighted by Crippen LogP contribution is -2.24. The molecule has 0 aliphatic heterocycles. The Labute approximate surface area is 144 Å². The number of aromatic nitrogens is 2. The van der Waals surface area contributed by atoms with Gasteiger partial charge in [0.05, 0.1) is 23.5 Å². The van der Waals surface area contributed by atoms with E-state index >= 15 is 0 Å². The van der Waals surface area contributed by atoms with Gasteiger partial charge in [-0.05, 0) is 30.3 Å².